The van der Waals surface area contributed by atoms with Crippen molar-refractivity contribution in [2.24, 2.45) is 5.73 Å². The van der Waals surface area contributed by atoms with E-state index < -0.39 is 17.8 Å². The number of rotatable bonds is 6. The average molecular weight is 319 g/mol. The summed E-state index contributed by atoms with van der Waals surface area (Å²) < 4.78 is 19.3. The van der Waals surface area contributed by atoms with Crippen molar-refractivity contribution in [3.05, 3.63) is 34.1 Å². The fourth-order valence-electron chi connectivity index (χ4n) is 1.64. The number of hydrogen-bond donors (Lipinski definition) is 2. The predicted octanol–water partition coefficient (Wildman–Crippen LogP) is 1.74. The molecule has 0 saturated carbocycles. The molecule has 18 heavy (non-hydrogen) atoms. The van der Waals surface area contributed by atoms with Crippen LogP contribution in [-0.4, -0.2) is 25.7 Å². The lowest BCUT2D eigenvalue weighted by atomic mass is 10.0. The highest BCUT2D eigenvalue weighted by Crippen LogP contribution is 2.21. The Hall–Kier alpha value is -0.980. The van der Waals surface area contributed by atoms with E-state index in [0.29, 0.717) is 11.1 Å². The first-order chi connectivity index (χ1) is 8.45. The lowest BCUT2D eigenvalue weighted by molar-refractivity contribution is -0.120. The zero-order valence-corrected chi connectivity index (χ0v) is 11.8. The van der Waals surface area contributed by atoms with Crippen molar-refractivity contribution in [1.29, 1.82) is 0 Å². The highest BCUT2D eigenvalue weighted by atomic mass is 79.9. The quantitative estimate of drug-likeness (QED) is 0.839. The minimum Gasteiger partial charge on any atom is -0.383 e. The number of carbonyl (C=O) groups excluding carboxylic acids is 1. The van der Waals surface area contributed by atoms with E-state index in [1.807, 2.05) is 6.92 Å². The number of nitrogens with two attached hydrogens (primary N) is 1. The van der Waals surface area contributed by atoms with Gasteiger partial charge < -0.3 is 10.5 Å². The molecule has 4 nitrogen and oxygen atoms in total. The van der Waals surface area contributed by atoms with Crippen LogP contribution in [0.15, 0.2) is 22.7 Å². The number of nitrogens with one attached hydrogen (secondary N) is 1. The van der Waals surface area contributed by atoms with Gasteiger partial charge in [0.2, 0.25) is 5.91 Å². The molecule has 0 fully saturated rings. The number of amides is 1. The van der Waals surface area contributed by atoms with Gasteiger partial charge in [0.05, 0.1) is 6.61 Å². The number of carbonyl (C=O) groups is 1. The number of ether oxygens (including phenoxy) is 1. The van der Waals surface area contributed by atoms with Crippen LogP contribution in [0.5, 0.6) is 0 Å². The predicted molar refractivity (Wildman–Crippen MR) is 70.5 cm³/mol. The SMILES string of the molecule is COC[C@@H](C)N[C@H](C(N)=O)c1ccc(Br)cc1F. The van der Waals surface area contributed by atoms with Crippen LogP contribution in [-0.2, 0) is 9.53 Å². The first-order valence-corrected chi connectivity index (χ1v) is 6.24. The van der Waals surface area contributed by atoms with Crippen LogP contribution in [0.4, 0.5) is 4.39 Å². The number of benzene rings is 1. The Morgan fingerprint density at radius 3 is 2.78 bits per heavy atom. The van der Waals surface area contributed by atoms with E-state index in [0.717, 1.165) is 0 Å². The molecule has 0 aliphatic carbocycles. The highest BCUT2D eigenvalue weighted by molar-refractivity contribution is 9.10. The fraction of sp³-hybridized carbons (Fsp3) is 0.417. The Labute approximate surface area is 114 Å². The third-order valence-electron chi connectivity index (χ3n) is 2.43. The van der Waals surface area contributed by atoms with E-state index >= 15 is 0 Å². The molecular weight excluding hydrogens is 303 g/mol. The van der Waals surface area contributed by atoms with Gasteiger partial charge >= 0.3 is 0 Å². The largest absolute Gasteiger partial charge is 0.383 e. The van der Waals surface area contributed by atoms with E-state index in [2.05, 4.69) is 21.2 Å². The molecule has 2 atom stereocenters. The summed E-state index contributed by atoms with van der Waals surface area (Å²) in [5.74, 6) is -1.11. The van der Waals surface area contributed by atoms with Crippen molar-refractivity contribution in [3.63, 3.8) is 0 Å². The van der Waals surface area contributed by atoms with Crippen LogP contribution in [0, 0.1) is 5.82 Å². The van der Waals surface area contributed by atoms with Crippen molar-refractivity contribution < 1.29 is 13.9 Å². The Bertz CT molecular complexity index is 429. The minimum atomic E-state index is -0.872. The third-order valence-corrected chi connectivity index (χ3v) is 2.92. The molecule has 3 N–H and O–H groups in total. The highest BCUT2D eigenvalue weighted by Gasteiger charge is 2.22. The molecule has 0 aliphatic heterocycles. The van der Waals surface area contributed by atoms with Crippen LogP contribution in [0.1, 0.15) is 18.5 Å². The van der Waals surface area contributed by atoms with Gasteiger partial charge in [0.1, 0.15) is 11.9 Å². The third kappa shape index (κ3) is 4.04. The van der Waals surface area contributed by atoms with Gasteiger partial charge in [-0.1, -0.05) is 22.0 Å². The van der Waals surface area contributed by atoms with Crippen molar-refractivity contribution >= 4 is 21.8 Å². The van der Waals surface area contributed by atoms with Gasteiger partial charge in [-0.3, -0.25) is 10.1 Å². The lowest BCUT2D eigenvalue weighted by Crippen LogP contribution is -2.41. The maximum Gasteiger partial charge on any atom is 0.239 e. The van der Waals surface area contributed by atoms with Gasteiger partial charge in [-0.15, -0.1) is 0 Å². The molecule has 0 saturated heterocycles. The first kappa shape index (κ1) is 15.1. The Morgan fingerprint density at radius 1 is 1.61 bits per heavy atom. The zero-order chi connectivity index (χ0) is 13.7. The number of hydrogen-bond acceptors (Lipinski definition) is 3. The summed E-state index contributed by atoms with van der Waals surface area (Å²) >= 11 is 3.16. The minimum absolute atomic E-state index is 0.115. The number of methoxy groups -OCH3 is 1. The summed E-state index contributed by atoms with van der Waals surface area (Å²) in [6, 6.07) is 3.51. The van der Waals surface area contributed by atoms with E-state index in [-0.39, 0.29) is 11.6 Å². The summed E-state index contributed by atoms with van der Waals surface area (Å²) in [5.41, 5.74) is 5.53. The summed E-state index contributed by atoms with van der Waals surface area (Å²) in [6.07, 6.45) is 0. The van der Waals surface area contributed by atoms with E-state index in [4.69, 9.17) is 10.5 Å². The molecule has 0 aliphatic rings. The van der Waals surface area contributed by atoms with Crippen LogP contribution in [0.2, 0.25) is 0 Å². The van der Waals surface area contributed by atoms with Crippen molar-refractivity contribution in [3.8, 4) is 0 Å². The summed E-state index contributed by atoms with van der Waals surface area (Å²) in [5, 5.41) is 2.94. The second kappa shape index (κ2) is 6.82. The molecule has 1 rings (SSSR count). The number of primary amides is 1. The van der Waals surface area contributed by atoms with Gasteiger partial charge in [0.25, 0.3) is 0 Å². The van der Waals surface area contributed by atoms with Gasteiger partial charge in [-0.25, -0.2) is 4.39 Å². The maximum absolute atomic E-state index is 13.8. The monoisotopic (exact) mass is 318 g/mol. The van der Waals surface area contributed by atoms with Crippen molar-refractivity contribution in [1.82, 2.24) is 5.32 Å². The smallest absolute Gasteiger partial charge is 0.239 e. The summed E-state index contributed by atoms with van der Waals surface area (Å²) in [6.45, 7) is 2.23. The molecule has 6 heteroatoms. The molecule has 1 aromatic rings. The summed E-state index contributed by atoms with van der Waals surface area (Å²) in [7, 11) is 1.55. The molecule has 0 radical (unpaired) electrons. The van der Waals surface area contributed by atoms with Crippen molar-refractivity contribution in [2.45, 2.75) is 19.0 Å². The van der Waals surface area contributed by atoms with Gasteiger partial charge in [-0.05, 0) is 19.1 Å². The second-order valence-corrected chi connectivity index (χ2v) is 4.94. The average Bonchev–Trinajstić information content (AvgIpc) is 2.27. The molecule has 100 valence electrons. The molecular formula is C12H16BrFN2O2. The van der Waals surface area contributed by atoms with Crippen LogP contribution in [0.25, 0.3) is 0 Å². The normalized spacial score (nSPS) is 14.2. The molecule has 0 aromatic heterocycles. The molecule has 0 unspecified atom stereocenters. The summed E-state index contributed by atoms with van der Waals surface area (Å²) in [4.78, 5) is 11.4. The van der Waals surface area contributed by atoms with Crippen LogP contribution >= 0.6 is 15.9 Å². The second-order valence-electron chi connectivity index (χ2n) is 4.02. The first-order valence-electron chi connectivity index (χ1n) is 5.45. The van der Waals surface area contributed by atoms with E-state index in [1.165, 1.54) is 12.1 Å². The molecule has 0 spiro atoms. The Kier molecular flexibility index (Phi) is 5.71. The molecule has 0 heterocycles. The topological polar surface area (TPSA) is 64.3 Å². The van der Waals surface area contributed by atoms with E-state index in [9.17, 15) is 9.18 Å². The standard InChI is InChI=1S/C12H16BrFN2O2/c1-7(6-18-2)16-11(12(15)17)9-4-3-8(13)5-10(9)14/h3-5,7,11,16H,6H2,1-2H3,(H2,15,17)/t7-,11+/m1/s1. The van der Waals surface area contributed by atoms with Gasteiger partial charge in [0.15, 0.2) is 0 Å². The zero-order valence-electron chi connectivity index (χ0n) is 10.2. The van der Waals surface area contributed by atoms with Crippen molar-refractivity contribution in [2.75, 3.05) is 13.7 Å². The molecule has 1 aromatic carbocycles. The fourth-order valence-corrected chi connectivity index (χ4v) is 1.98. The lowest BCUT2D eigenvalue weighted by Gasteiger charge is -2.21. The maximum atomic E-state index is 13.8. The van der Waals surface area contributed by atoms with Crippen LogP contribution in [0.3, 0.4) is 0 Å². The van der Waals surface area contributed by atoms with E-state index in [1.54, 1.807) is 13.2 Å². The Morgan fingerprint density at radius 2 is 2.28 bits per heavy atom. The number of halogens is 2. The molecule has 1 amide bonds. The van der Waals surface area contributed by atoms with Gasteiger partial charge in [0, 0.05) is 23.2 Å². The Balaban J connectivity index is 2.94. The van der Waals surface area contributed by atoms with Gasteiger partial charge in [-0.2, -0.15) is 0 Å². The molecule has 0 bridgehead atoms. The van der Waals surface area contributed by atoms with Crippen LogP contribution < -0.4 is 11.1 Å².